The molecule has 1 heterocycles. The number of ether oxygens (including phenoxy) is 1. The number of anilines is 1. The van der Waals surface area contributed by atoms with Crippen LogP contribution in [0.15, 0.2) is 41.7 Å². The molecule has 0 aliphatic rings. The molecule has 0 fully saturated rings. The second-order valence-corrected chi connectivity index (χ2v) is 6.41. The largest absolute Gasteiger partial charge is 0.406 e. The number of rotatable bonds is 6. The Bertz CT molecular complexity index is 755. The summed E-state index contributed by atoms with van der Waals surface area (Å²) in [7, 11) is -2.41. The van der Waals surface area contributed by atoms with Gasteiger partial charge in [-0.1, -0.05) is 12.1 Å². The van der Waals surface area contributed by atoms with Crippen LogP contribution in [0.3, 0.4) is 0 Å². The first-order valence-corrected chi connectivity index (χ1v) is 7.87. The fourth-order valence-corrected chi connectivity index (χ4v) is 2.83. The van der Waals surface area contributed by atoms with Crippen molar-refractivity contribution in [3.8, 4) is 0 Å². The van der Waals surface area contributed by atoms with Crippen LogP contribution in [0, 0.1) is 0 Å². The van der Waals surface area contributed by atoms with Crippen molar-refractivity contribution in [1.29, 1.82) is 0 Å². The minimum Gasteiger partial charge on any atom is -0.380 e. The van der Waals surface area contributed by atoms with Crippen molar-refractivity contribution in [2.24, 2.45) is 0 Å². The van der Waals surface area contributed by atoms with Crippen molar-refractivity contribution < 1.29 is 26.3 Å². The Balaban J connectivity index is 2.12. The van der Waals surface area contributed by atoms with Crippen LogP contribution >= 0.6 is 0 Å². The summed E-state index contributed by atoms with van der Waals surface area (Å²) in [6, 6.07) is 5.92. The predicted octanol–water partition coefficient (Wildman–Crippen LogP) is 2.39. The SMILES string of the molecule is COCc1ccc(S(=O)(=O)Nc2cn(CC(F)(F)F)cn2)cc1. The molecule has 2 aromatic rings. The fraction of sp³-hybridized carbons (Fsp3) is 0.308. The number of methoxy groups -OCH3 is 1. The van der Waals surface area contributed by atoms with Crippen molar-refractivity contribution in [2.45, 2.75) is 24.2 Å². The fourth-order valence-electron chi connectivity index (χ4n) is 1.83. The normalized spacial score (nSPS) is 12.3. The molecule has 1 N–H and O–H groups in total. The van der Waals surface area contributed by atoms with Gasteiger partial charge in [-0.3, -0.25) is 4.72 Å². The highest BCUT2D eigenvalue weighted by atomic mass is 32.2. The van der Waals surface area contributed by atoms with Crippen LogP contribution in [0.4, 0.5) is 19.0 Å². The van der Waals surface area contributed by atoms with E-state index in [0.29, 0.717) is 6.61 Å². The monoisotopic (exact) mass is 349 g/mol. The molecule has 0 radical (unpaired) electrons. The lowest BCUT2D eigenvalue weighted by Gasteiger charge is -2.07. The first-order chi connectivity index (χ1) is 10.7. The molecule has 0 atom stereocenters. The summed E-state index contributed by atoms with van der Waals surface area (Å²) in [5.41, 5.74) is 0.793. The lowest BCUT2D eigenvalue weighted by Crippen LogP contribution is -2.16. The third kappa shape index (κ3) is 4.96. The van der Waals surface area contributed by atoms with Crippen molar-refractivity contribution in [3.05, 3.63) is 42.4 Å². The summed E-state index contributed by atoms with van der Waals surface area (Å²) in [4.78, 5) is 3.59. The van der Waals surface area contributed by atoms with Crippen molar-refractivity contribution in [3.63, 3.8) is 0 Å². The topological polar surface area (TPSA) is 73.2 Å². The molecule has 0 saturated heterocycles. The van der Waals surface area contributed by atoms with Gasteiger partial charge in [0, 0.05) is 13.3 Å². The molecule has 23 heavy (non-hydrogen) atoms. The Kier molecular flexibility index (Phi) is 4.95. The number of benzene rings is 1. The molecular formula is C13H14F3N3O3S. The Morgan fingerprint density at radius 3 is 2.48 bits per heavy atom. The second-order valence-electron chi connectivity index (χ2n) is 4.73. The number of nitrogens with zero attached hydrogens (tertiary/aromatic N) is 2. The zero-order valence-corrected chi connectivity index (χ0v) is 12.9. The molecular weight excluding hydrogens is 335 g/mol. The maximum Gasteiger partial charge on any atom is 0.406 e. The summed E-state index contributed by atoms with van der Waals surface area (Å²) >= 11 is 0. The third-order valence-electron chi connectivity index (χ3n) is 2.78. The van der Waals surface area contributed by atoms with Crippen LogP contribution in [0.5, 0.6) is 0 Å². The molecule has 6 nitrogen and oxygen atoms in total. The summed E-state index contributed by atoms with van der Waals surface area (Å²) in [5, 5.41) is 0. The van der Waals surface area contributed by atoms with E-state index in [1.54, 1.807) is 12.1 Å². The highest BCUT2D eigenvalue weighted by Gasteiger charge is 2.28. The van der Waals surface area contributed by atoms with E-state index in [1.807, 2.05) is 0 Å². The zero-order chi connectivity index (χ0) is 17.1. The van der Waals surface area contributed by atoms with Gasteiger partial charge in [0.05, 0.1) is 17.8 Å². The van der Waals surface area contributed by atoms with Gasteiger partial charge in [-0.05, 0) is 17.7 Å². The average Bonchev–Trinajstić information content (AvgIpc) is 2.84. The minimum absolute atomic E-state index is 0.0253. The molecule has 10 heteroatoms. The molecule has 1 aromatic carbocycles. The number of hydrogen-bond acceptors (Lipinski definition) is 4. The van der Waals surface area contributed by atoms with Crippen molar-refractivity contribution in [2.75, 3.05) is 11.8 Å². The van der Waals surface area contributed by atoms with Crippen LogP contribution in [0.25, 0.3) is 0 Å². The first kappa shape index (κ1) is 17.3. The van der Waals surface area contributed by atoms with E-state index in [-0.39, 0.29) is 10.7 Å². The Morgan fingerprint density at radius 2 is 1.91 bits per heavy atom. The Morgan fingerprint density at radius 1 is 1.26 bits per heavy atom. The first-order valence-electron chi connectivity index (χ1n) is 6.39. The second kappa shape index (κ2) is 6.59. The standard InChI is InChI=1S/C13H14F3N3O3S/c1-22-7-10-2-4-11(5-3-10)23(20,21)18-12-6-19(9-17-12)8-13(14,15)16/h2-6,9,18H,7-8H2,1H3. The molecule has 2 rings (SSSR count). The van der Waals surface area contributed by atoms with Gasteiger partial charge in [-0.2, -0.15) is 13.2 Å². The molecule has 0 unspecified atom stereocenters. The molecule has 126 valence electrons. The van der Waals surface area contributed by atoms with Crippen LogP contribution in [0.1, 0.15) is 5.56 Å². The molecule has 0 aliphatic carbocycles. The Labute approximate surface area is 131 Å². The summed E-state index contributed by atoms with van der Waals surface area (Å²) in [6.45, 7) is -0.900. The van der Waals surface area contributed by atoms with Gasteiger partial charge in [0.2, 0.25) is 0 Å². The number of aromatic nitrogens is 2. The molecule has 0 aliphatic heterocycles. The quantitative estimate of drug-likeness (QED) is 0.869. The van der Waals surface area contributed by atoms with Gasteiger partial charge in [-0.15, -0.1) is 0 Å². The highest BCUT2D eigenvalue weighted by Crippen LogP contribution is 2.19. The Hall–Kier alpha value is -2.07. The smallest absolute Gasteiger partial charge is 0.380 e. The van der Waals surface area contributed by atoms with Crippen LogP contribution in [-0.2, 0) is 27.9 Å². The lowest BCUT2D eigenvalue weighted by molar-refractivity contribution is -0.140. The van der Waals surface area contributed by atoms with E-state index in [2.05, 4.69) is 9.71 Å². The predicted molar refractivity (Wildman–Crippen MR) is 76.2 cm³/mol. The van der Waals surface area contributed by atoms with Gasteiger partial charge in [0.15, 0.2) is 5.82 Å². The summed E-state index contributed by atoms with van der Waals surface area (Å²) < 4.78 is 68.9. The minimum atomic E-state index is -4.41. The van der Waals surface area contributed by atoms with E-state index in [4.69, 9.17) is 4.74 Å². The molecule has 0 bridgehead atoms. The number of imidazole rings is 1. The van der Waals surface area contributed by atoms with Crippen LogP contribution < -0.4 is 4.72 Å². The number of hydrogen-bond donors (Lipinski definition) is 1. The zero-order valence-electron chi connectivity index (χ0n) is 12.0. The van der Waals surface area contributed by atoms with E-state index in [9.17, 15) is 21.6 Å². The maximum atomic E-state index is 12.3. The van der Waals surface area contributed by atoms with E-state index in [0.717, 1.165) is 22.7 Å². The van der Waals surface area contributed by atoms with Crippen LogP contribution in [0.2, 0.25) is 0 Å². The van der Waals surface area contributed by atoms with Crippen molar-refractivity contribution in [1.82, 2.24) is 9.55 Å². The number of sulfonamides is 1. The molecule has 0 amide bonds. The molecule has 1 aromatic heterocycles. The van der Waals surface area contributed by atoms with Gasteiger partial charge >= 0.3 is 6.18 Å². The van der Waals surface area contributed by atoms with Gasteiger partial charge in [0.25, 0.3) is 10.0 Å². The summed E-state index contributed by atoms with van der Waals surface area (Å²) in [5.74, 6) is -0.185. The third-order valence-corrected chi connectivity index (χ3v) is 4.15. The van der Waals surface area contributed by atoms with Gasteiger partial charge in [-0.25, -0.2) is 13.4 Å². The highest BCUT2D eigenvalue weighted by molar-refractivity contribution is 7.92. The number of halogens is 3. The summed E-state index contributed by atoms with van der Waals surface area (Å²) in [6.07, 6.45) is -2.52. The van der Waals surface area contributed by atoms with E-state index >= 15 is 0 Å². The number of nitrogens with one attached hydrogen (secondary N) is 1. The maximum absolute atomic E-state index is 12.3. The van der Waals surface area contributed by atoms with E-state index < -0.39 is 22.7 Å². The molecule has 0 spiro atoms. The van der Waals surface area contributed by atoms with Crippen LogP contribution in [-0.4, -0.2) is 31.3 Å². The molecule has 0 saturated carbocycles. The van der Waals surface area contributed by atoms with E-state index in [1.165, 1.54) is 19.2 Å². The number of alkyl halides is 3. The van der Waals surface area contributed by atoms with Crippen molar-refractivity contribution >= 4 is 15.8 Å². The lowest BCUT2D eigenvalue weighted by atomic mass is 10.2. The van der Waals surface area contributed by atoms with Gasteiger partial charge < -0.3 is 9.30 Å². The van der Waals surface area contributed by atoms with Gasteiger partial charge in [0.1, 0.15) is 6.54 Å². The average molecular weight is 349 g/mol.